The molecule has 1 fully saturated rings. The number of carbonyl (C=O) groups is 1. The minimum atomic E-state index is -4.68. The molecular formula is C18H19F3N4O3. The van der Waals surface area contributed by atoms with E-state index in [-0.39, 0.29) is 5.56 Å². The molecule has 2 aromatic rings. The fourth-order valence-electron chi connectivity index (χ4n) is 3.20. The number of halogens is 3. The average Bonchev–Trinajstić information content (AvgIpc) is 3.08. The van der Waals surface area contributed by atoms with Crippen LogP contribution in [0.15, 0.2) is 35.1 Å². The zero-order chi connectivity index (χ0) is 20.5. The molecule has 2 unspecified atom stereocenters. The van der Waals surface area contributed by atoms with Crippen LogP contribution in [0.25, 0.3) is 0 Å². The maximum Gasteiger partial charge on any atom is 0.416 e. The molecule has 1 saturated heterocycles. The van der Waals surface area contributed by atoms with E-state index in [0.717, 1.165) is 12.1 Å². The van der Waals surface area contributed by atoms with Crippen LogP contribution in [0, 0.1) is 6.92 Å². The third-order valence-corrected chi connectivity index (χ3v) is 4.50. The first-order valence-corrected chi connectivity index (χ1v) is 8.62. The number of aryl methyl sites for hydroxylation is 1. The number of nitrogens with one attached hydrogen (secondary N) is 2. The van der Waals surface area contributed by atoms with E-state index < -0.39 is 35.4 Å². The summed E-state index contributed by atoms with van der Waals surface area (Å²) in [6.07, 6.45) is -6.12. The van der Waals surface area contributed by atoms with Crippen LogP contribution in [0.3, 0.4) is 0 Å². The summed E-state index contributed by atoms with van der Waals surface area (Å²) >= 11 is 0. The number of amides is 1. The van der Waals surface area contributed by atoms with Crippen molar-refractivity contribution in [1.29, 1.82) is 0 Å². The van der Waals surface area contributed by atoms with Gasteiger partial charge in [0.2, 0.25) is 5.95 Å². The summed E-state index contributed by atoms with van der Waals surface area (Å²) in [6.45, 7) is 2.49. The van der Waals surface area contributed by atoms with E-state index in [1.165, 1.54) is 18.2 Å². The van der Waals surface area contributed by atoms with Crippen molar-refractivity contribution in [2.75, 3.05) is 18.0 Å². The predicted octanol–water partition coefficient (Wildman–Crippen LogP) is 1.53. The van der Waals surface area contributed by atoms with Crippen molar-refractivity contribution in [1.82, 2.24) is 15.3 Å². The number of nitrogens with zero attached hydrogens (tertiary/aromatic N) is 2. The van der Waals surface area contributed by atoms with Gasteiger partial charge in [0, 0.05) is 36.5 Å². The lowest BCUT2D eigenvalue weighted by Gasteiger charge is -2.20. The van der Waals surface area contributed by atoms with Crippen molar-refractivity contribution >= 4 is 11.9 Å². The number of aromatic nitrogens is 2. The highest BCUT2D eigenvalue weighted by Gasteiger charge is 2.37. The van der Waals surface area contributed by atoms with Crippen molar-refractivity contribution in [2.24, 2.45) is 0 Å². The molecule has 7 nitrogen and oxygen atoms in total. The topological polar surface area (TPSA) is 98.3 Å². The molecule has 3 N–H and O–H groups in total. The fraction of sp³-hybridized carbons (Fsp3) is 0.389. The summed E-state index contributed by atoms with van der Waals surface area (Å²) in [5, 5.41) is 12.7. The molecular weight excluding hydrogens is 377 g/mol. The summed E-state index contributed by atoms with van der Waals surface area (Å²) in [4.78, 5) is 32.5. The Balaban J connectivity index is 1.68. The Bertz CT molecular complexity index is 929. The molecule has 0 saturated carbocycles. The Morgan fingerprint density at radius 3 is 2.79 bits per heavy atom. The van der Waals surface area contributed by atoms with Crippen molar-refractivity contribution in [3.63, 3.8) is 0 Å². The molecule has 1 aliphatic heterocycles. The molecule has 1 aromatic heterocycles. The predicted molar refractivity (Wildman–Crippen MR) is 94.8 cm³/mol. The Morgan fingerprint density at radius 1 is 1.39 bits per heavy atom. The van der Waals surface area contributed by atoms with Crippen molar-refractivity contribution in [3.8, 4) is 0 Å². The van der Waals surface area contributed by atoms with Crippen LogP contribution in [0.4, 0.5) is 19.1 Å². The lowest BCUT2D eigenvalue weighted by atomic mass is 10.0. The maximum absolute atomic E-state index is 13.1. The van der Waals surface area contributed by atoms with Crippen LogP contribution in [-0.4, -0.2) is 40.1 Å². The second-order valence-electron chi connectivity index (χ2n) is 6.64. The molecule has 28 heavy (non-hydrogen) atoms. The number of hydrogen-bond donors (Lipinski definition) is 3. The highest BCUT2D eigenvalue weighted by atomic mass is 19.4. The minimum Gasteiger partial charge on any atom is -0.378 e. The van der Waals surface area contributed by atoms with E-state index in [1.54, 1.807) is 11.8 Å². The largest absolute Gasteiger partial charge is 0.416 e. The summed E-state index contributed by atoms with van der Waals surface area (Å²) in [7, 11) is 0. The van der Waals surface area contributed by atoms with E-state index in [1.807, 2.05) is 0 Å². The maximum atomic E-state index is 13.1. The molecule has 150 valence electrons. The second-order valence-corrected chi connectivity index (χ2v) is 6.64. The number of alkyl halides is 3. The number of carbonyl (C=O) groups excluding carboxylic acids is 1. The number of H-pyrrole nitrogens is 1. The highest BCUT2D eigenvalue weighted by Crippen LogP contribution is 2.34. The Labute approximate surface area is 158 Å². The van der Waals surface area contributed by atoms with Crippen LogP contribution >= 0.6 is 0 Å². The molecule has 1 aromatic carbocycles. The van der Waals surface area contributed by atoms with Gasteiger partial charge in [0.1, 0.15) is 0 Å². The Morgan fingerprint density at radius 2 is 2.11 bits per heavy atom. The number of benzene rings is 1. The van der Waals surface area contributed by atoms with Gasteiger partial charge >= 0.3 is 6.18 Å². The van der Waals surface area contributed by atoms with E-state index in [4.69, 9.17) is 0 Å². The summed E-state index contributed by atoms with van der Waals surface area (Å²) < 4.78 is 39.3. The molecule has 0 spiro atoms. The van der Waals surface area contributed by atoms with E-state index in [9.17, 15) is 27.9 Å². The molecule has 1 aliphatic rings. The molecule has 10 heteroatoms. The fourth-order valence-corrected chi connectivity index (χ4v) is 3.20. The van der Waals surface area contributed by atoms with Crippen LogP contribution in [0.5, 0.6) is 0 Å². The lowest BCUT2D eigenvalue weighted by Crippen LogP contribution is -2.40. The van der Waals surface area contributed by atoms with Crippen molar-refractivity contribution in [2.45, 2.75) is 31.7 Å². The SMILES string of the molecule is Cc1cc(=O)[nH]c(N2CCC(NC(=O)C(O)c3ccccc3C(F)(F)F)C2)n1. The lowest BCUT2D eigenvalue weighted by molar-refractivity contribution is -0.140. The Kier molecular flexibility index (Phi) is 5.41. The van der Waals surface area contributed by atoms with Gasteiger partial charge in [0.15, 0.2) is 6.10 Å². The van der Waals surface area contributed by atoms with Crippen LogP contribution in [0.2, 0.25) is 0 Å². The van der Waals surface area contributed by atoms with Gasteiger partial charge in [-0.3, -0.25) is 14.6 Å². The molecule has 3 rings (SSSR count). The van der Waals surface area contributed by atoms with Gasteiger partial charge in [-0.1, -0.05) is 18.2 Å². The van der Waals surface area contributed by atoms with Gasteiger partial charge in [-0.2, -0.15) is 13.2 Å². The van der Waals surface area contributed by atoms with Crippen molar-refractivity contribution in [3.05, 3.63) is 57.5 Å². The van der Waals surface area contributed by atoms with Gasteiger partial charge in [-0.15, -0.1) is 0 Å². The molecule has 2 heterocycles. The number of aliphatic hydroxyl groups excluding tert-OH is 1. The quantitative estimate of drug-likeness (QED) is 0.728. The smallest absolute Gasteiger partial charge is 0.378 e. The normalized spacial score (nSPS) is 18.2. The van der Waals surface area contributed by atoms with Gasteiger partial charge in [0.05, 0.1) is 5.56 Å². The van der Waals surface area contributed by atoms with Crippen LogP contribution in [-0.2, 0) is 11.0 Å². The monoisotopic (exact) mass is 396 g/mol. The van der Waals surface area contributed by atoms with E-state index >= 15 is 0 Å². The molecule has 2 atom stereocenters. The first-order chi connectivity index (χ1) is 13.1. The van der Waals surface area contributed by atoms with E-state index in [0.29, 0.717) is 31.2 Å². The highest BCUT2D eigenvalue weighted by molar-refractivity contribution is 5.82. The van der Waals surface area contributed by atoms with Gasteiger partial charge in [0.25, 0.3) is 11.5 Å². The third kappa shape index (κ3) is 4.33. The number of rotatable bonds is 4. The standard InChI is InChI=1S/C18H19F3N4O3/c1-10-8-14(26)24-17(22-10)25-7-6-11(9-25)23-16(28)15(27)12-4-2-3-5-13(12)18(19,20)21/h2-5,8,11,15,27H,6-7,9H2,1H3,(H,23,28)(H,22,24,26). The number of aromatic amines is 1. The molecule has 0 bridgehead atoms. The first kappa shape index (κ1) is 19.9. The van der Waals surface area contributed by atoms with Crippen LogP contribution < -0.4 is 15.8 Å². The summed E-state index contributed by atoms with van der Waals surface area (Å²) in [6, 6.07) is 5.39. The first-order valence-electron chi connectivity index (χ1n) is 8.62. The summed E-state index contributed by atoms with van der Waals surface area (Å²) in [5.74, 6) is -0.543. The zero-order valence-corrected chi connectivity index (χ0v) is 15.0. The summed E-state index contributed by atoms with van der Waals surface area (Å²) in [5.41, 5.74) is -1.29. The molecule has 0 aliphatic carbocycles. The van der Waals surface area contributed by atoms with Crippen LogP contribution in [0.1, 0.15) is 29.3 Å². The third-order valence-electron chi connectivity index (χ3n) is 4.50. The zero-order valence-electron chi connectivity index (χ0n) is 15.0. The Hall–Kier alpha value is -2.88. The second kappa shape index (κ2) is 7.63. The number of hydrogen-bond acceptors (Lipinski definition) is 5. The van der Waals surface area contributed by atoms with Gasteiger partial charge in [-0.05, 0) is 19.4 Å². The molecule has 1 amide bonds. The van der Waals surface area contributed by atoms with E-state index in [2.05, 4.69) is 15.3 Å². The van der Waals surface area contributed by atoms with Gasteiger partial charge < -0.3 is 15.3 Å². The molecule has 0 radical (unpaired) electrons. The van der Waals surface area contributed by atoms with Gasteiger partial charge in [-0.25, -0.2) is 4.98 Å². The number of aliphatic hydroxyl groups is 1. The average molecular weight is 396 g/mol. The van der Waals surface area contributed by atoms with Crippen molar-refractivity contribution < 1.29 is 23.1 Å². The minimum absolute atomic E-state index is 0.297. The number of anilines is 1.